The largest absolute Gasteiger partial charge is 0.461 e. The topological polar surface area (TPSA) is 86.1 Å². The molecular weight excluding hydrogens is 411 g/mol. The molecule has 2 fully saturated rings. The zero-order valence-electron chi connectivity index (χ0n) is 17.4. The van der Waals surface area contributed by atoms with Gasteiger partial charge in [0.15, 0.2) is 0 Å². The van der Waals surface area contributed by atoms with Crippen molar-refractivity contribution in [1.29, 1.82) is 0 Å². The summed E-state index contributed by atoms with van der Waals surface area (Å²) in [6.07, 6.45) is 5.53. The molecule has 32 heavy (non-hydrogen) atoms. The third kappa shape index (κ3) is 3.88. The van der Waals surface area contributed by atoms with E-state index in [1.165, 1.54) is 29.5 Å². The number of hydrogen-bond donors (Lipinski definition) is 1. The van der Waals surface area contributed by atoms with E-state index < -0.39 is 11.7 Å². The molecule has 4 atom stereocenters. The normalized spacial score (nSPS) is 23.8. The predicted octanol–water partition coefficient (Wildman–Crippen LogP) is 3.29. The molecule has 1 heterocycles. The molecule has 164 valence electrons. The minimum Gasteiger partial charge on any atom is -0.461 e. The van der Waals surface area contributed by atoms with E-state index in [9.17, 15) is 14.0 Å². The summed E-state index contributed by atoms with van der Waals surface area (Å²) in [5.41, 5.74) is 1.33. The number of halogens is 1. The van der Waals surface area contributed by atoms with E-state index in [1.807, 2.05) is 30.3 Å². The molecule has 0 saturated heterocycles. The zero-order chi connectivity index (χ0) is 22.1. The lowest BCUT2D eigenvalue weighted by Crippen LogP contribution is -2.47. The van der Waals surface area contributed by atoms with Gasteiger partial charge in [-0.1, -0.05) is 30.3 Å². The van der Waals surface area contributed by atoms with Crippen LogP contribution in [-0.4, -0.2) is 32.7 Å². The fourth-order valence-corrected chi connectivity index (χ4v) is 5.06. The number of fused-ring (bicyclic) bond motifs is 2. The maximum absolute atomic E-state index is 14.6. The van der Waals surface area contributed by atoms with E-state index in [0.717, 1.165) is 24.8 Å². The summed E-state index contributed by atoms with van der Waals surface area (Å²) in [7, 11) is 0. The Morgan fingerprint density at radius 2 is 1.94 bits per heavy atom. The monoisotopic (exact) mass is 434 g/mol. The lowest BCUT2D eigenvalue weighted by atomic mass is 9.84. The highest BCUT2D eigenvalue weighted by molar-refractivity contribution is 5.95. The van der Waals surface area contributed by atoms with E-state index >= 15 is 0 Å². The van der Waals surface area contributed by atoms with Crippen LogP contribution in [-0.2, 0) is 16.1 Å². The van der Waals surface area contributed by atoms with Crippen LogP contribution in [0.25, 0.3) is 5.69 Å². The van der Waals surface area contributed by atoms with Gasteiger partial charge in [0, 0.05) is 11.6 Å². The van der Waals surface area contributed by atoms with Gasteiger partial charge in [-0.25, -0.2) is 14.1 Å². The maximum Gasteiger partial charge on any atom is 0.311 e. The van der Waals surface area contributed by atoms with Crippen molar-refractivity contribution in [1.82, 2.24) is 20.1 Å². The third-order valence-corrected chi connectivity index (χ3v) is 6.59. The Kier molecular flexibility index (Phi) is 5.43. The van der Waals surface area contributed by atoms with Crippen molar-refractivity contribution in [3.05, 3.63) is 78.1 Å². The molecule has 8 heteroatoms. The van der Waals surface area contributed by atoms with Crippen LogP contribution in [0.2, 0.25) is 0 Å². The number of carbonyl (C=O) groups is 2. The number of nitrogens with zero attached hydrogens (tertiary/aromatic N) is 3. The molecule has 1 aromatic heterocycles. The number of nitrogens with one attached hydrogen (secondary N) is 1. The Labute approximate surface area is 184 Å². The van der Waals surface area contributed by atoms with Crippen LogP contribution in [0.5, 0.6) is 0 Å². The SMILES string of the molecule is O=C(N[C@H]1[C@H]2CC[C@@H](C2)[C@H]1C(=O)OCc1ccccc1)c1ccc(-n2cncn2)c(F)c1. The van der Waals surface area contributed by atoms with Crippen molar-refractivity contribution < 1.29 is 18.7 Å². The lowest BCUT2D eigenvalue weighted by Gasteiger charge is -2.30. The highest BCUT2D eigenvalue weighted by atomic mass is 19.1. The minimum absolute atomic E-state index is 0.200. The molecule has 2 aliphatic carbocycles. The van der Waals surface area contributed by atoms with E-state index in [-0.39, 0.29) is 47.6 Å². The van der Waals surface area contributed by atoms with Gasteiger partial charge >= 0.3 is 5.97 Å². The molecule has 2 saturated carbocycles. The fraction of sp³-hybridized carbons (Fsp3) is 0.333. The molecule has 2 bridgehead atoms. The molecule has 7 nitrogen and oxygen atoms in total. The predicted molar refractivity (Wildman–Crippen MR) is 113 cm³/mol. The fourth-order valence-electron chi connectivity index (χ4n) is 5.06. The highest BCUT2D eigenvalue weighted by Crippen LogP contribution is 2.49. The quantitative estimate of drug-likeness (QED) is 0.602. The molecule has 1 N–H and O–H groups in total. The van der Waals surface area contributed by atoms with Crippen molar-refractivity contribution >= 4 is 11.9 Å². The Bertz CT molecular complexity index is 1120. The molecule has 0 unspecified atom stereocenters. The van der Waals surface area contributed by atoms with Crippen LogP contribution in [0.1, 0.15) is 35.2 Å². The van der Waals surface area contributed by atoms with E-state index in [4.69, 9.17) is 4.74 Å². The van der Waals surface area contributed by atoms with Crippen LogP contribution in [0.3, 0.4) is 0 Å². The summed E-state index contributed by atoms with van der Waals surface area (Å²) in [5, 5.41) is 6.91. The van der Waals surface area contributed by atoms with Crippen LogP contribution in [0.4, 0.5) is 4.39 Å². The van der Waals surface area contributed by atoms with Crippen molar-refractivity contribution in [2.24, 2.45) is 17.8 Å². The molecule has 0 spiro atoms. The Morgan fingerprint density at radius 3 is 2.69 bits per heavy atom. The number of aromatic nitrogens is 3. The number of amides is 1. The Morgan fingerprint density at radius 1 is 1.12 bits per heavy atom. The average Bonchev–Trinajstić information content (AvgIpc) is 3.56. The zero-order valence-corrected chi connectivity index (χ0v) is 17.4. The Balaban J connectivity index is 1.28. The van der Waals surface area contributed by atoms with Gasteiger partial charge in [-0.3, -0.25) is 9.59 Å². The first-order valence-corrected chi connectivity index (χ1v) is 10.8. The average molecular weight is 434 g/mol. The van der Waals surface area contributed by atoms with E-state index in [1.54, 1.807) is 6.07 Å². The van der Waals surface area contributed by atoms with Gasteiger partial charge in [-0.2, -0.15) is 5.10 Å². The molecule has 0 radical (unpaired) electrons. The molecule has 1 amide bonds. The second-order valence-corrected chi connectivity index (χ2v) is 8.46. The molecular formula is C24H23FN4O3. The van der Waals surface area contributed by atoms with Gasteiger partial charge < -0.3 is 10.1 Å². The molecule has 0 aliphatic heterocycles. The number of hydrogen-bond acceptors (Lipinski definition) is 5. The van der Waals surface area contributed by atoms with Crippen molar-refractivity contribution in [2.45, 2.75) is 31.9 Å². The van der Waals surface area contributed by atoms with Crippen LogP contribution in [0.15, 0.2) is 61.2 Å². The van der Waals surface area contributed by atoms with Gasteiger partial charge in [0.25, 0.3) is 5.91 Å². The molecule has 5 rings (SSSR count). The maximum atomic E-state index is 14.6. The summed E-state index contributed by atoms with van der Waals surface area (Å²) < 4.78 is 21.5. The summed E-state index contributed by atoms with van der Waals surface area (Å²) in [6.45, 7) is 0.211. The minimum atomic E-state index is -0.574. The first-order valence-electron chi connectivity index (χ1n) is 10.8. The van der Waals surface area contributed by atoms with Crippen molar-refractivity contribution in [3.8, 4) is 5.69 Å². The molecule has 3 aromatic rings. The smallest absolute Gasteiger partial charge is 0.311 e. The van der Waals surface area contributed by atoms with Gasteiger partial charge in [0.1, 0.15) is 30.8 Å². The van der Waals surface area contributed by atoms with Crippen molar-refractivity contribution in [2.75, 3.05) is 0 Å². The first kappa shape index (κ1) is 20.4. The second-order valence-electron chi connectivity index (χ2n) is 8.46. The van der Waals surface area contributed by atoms with Crippen molar-refractivity contribution in [3.63, 3.8) is 0 Å². The van der Waals surface area contributed by atoms with Gasteiger partial charge in [0.2, 0.25) is 0 Å². The standard InChI is InChI=1S/C24H23FN4O3/c25-19-11-18(8-9-20(19)29-14-26-13-27-29)23(30)28-22-17-7-6-16(10-17)21(22)24(31)32-12-15-4-2-1-3-5-15/h1-5,8-9,11,13-14,16-17,21-22H,6-7,10,12H2,(H,28,30)/t16-,17-,21+,22-/m0/s1. The van der Waals surface area contributed by atoms with E-state index in [2.05, 4.69) is 15.4 Å². The number of benzene rings is 2. The van der Waals surface area contributed by atoms with Crippen LogP contribution in [0, 0.1) is 23.6 Å². The Hall–Kier alpha value is -3.55. The number of rotatable bonds is 6. The molecule has 2 aromatic carbocycles. The second kappa shape index (κ2) is 8.53. The number of carbonyl (C=O) groups excluding carboxylic acids is 2. The summed E-state index contributed by atoms with van der Waals surface area (Å²) in [4.78, 5) is 29.6. The summed E-state index contributed by atoms with van der Waals surface area (Å²) in [5.74, 6) is -1.18. The first-order chi connectivity index (χ1) is 15.6. The van der Waals surface area contributed by atoms with Crippen LogP contribution >= 0.6 is 0 Å². The third-order valence-electron chi connectivity index (χ3n) is 6.59. The summed E-state index contributed by atoms with van der Waals surface area (Å²) >= 11 is 0. The highest BCUT2D eigenvalue weighted by Gasteiger charge is 2.52. The van der Waals surface area contributed by atoms with Gasteiger partial charge in [-0.05, 0) is 54.9 Å². The van der Waals surface area contributed by atoms with Gasteiger partial charge in [0.05, 0.1) is 5.92 Å². The number of ether oxygens (including phenoxy) is 1. The van der Waals surface area contributed by atoms with Gasteiger partial charge in [-0.15, -0.1) is 0 Å². The lowest BCUT2D eigenvalue weighted by molar-refractivity contribution is -0.152. The summed E-state index contributed by atoms with van der Waals surface area (Å²) in [6, 6.07) is 13.4. The van der Waals surface area contributed by atoms with E-state index in [0.29, 0.717) is 0 Å². The number of esters is 1. The molecule has 2 aliphatic rings. The van der Waals surface area contributed by atoms with Crippen LogP contribution < -0.4 is 5.32 Å².